The van der Waals surface area contributed by atoms with Crippen LogP contribution >= 0.6 is 0 Å². The third-order valence-corrected chi connectivity index (χ3v) is 2.45. The highest BCUT2D eigenvalue weighted by Crippen LogP contribution is 2.26. The van der Waals surface area contributed by atoms with Crippen molar-refractivity contribution < 1.29 is 14.6 Å². The summed E-state index contributed by atoms with van der Waals surface area (Å²) in [7, 11) is 0. The van der Waals surface area contributed by atoms with E-state index in [1.807, 2.05) is 18.2 Å². The molecule has 0 aromatic heterocycles. The summed E-state index contributed by atoms with van der Waals surface area (Å²) in [4.78, 5) is 10.9. The smallest absolute Gasteiger partial charge is 0.335 e. The summed E-state index contributed by atoms with van der Waals surface area (Å²) in [6, 6.07) is 10.6. The Hall–Kier alpha value is -2.29. The van der Waals surface area contributed by atoms with E-state index in [1.54, 1.807) is 24.3 Å². The van der Waals surface area contributed by atoms with Crippen molar-refractivity contribution in [2.45, 2.75) is 0 Å². The van der Waals surface area contributed by atoms with Crippen LogP contribution in [0.1, 0.15) is 10.4 Å². The van der Waals surface area contributed by atoms with Gasteiger partial charge in [0.15, 0.2) is 0 Å². The monoisotopic (exact) mass is 228 g/mol. The van der Waals surface area contributed by atoms with Crippen LogP contribution in [0.3, 0.4) is 0 Å². The summed E-state index contributed by atoms with van der Waals surface area (Å²) < 4.78 is 5.49. The van der Waals surface area contributed by atoms with Gasteiger partial charge in [0.25, 0.3) is 0 Å². The van der Waals surface area contributed by atoms with Gasteiger partial charge in [0, 0.05) is 5.39 Å². The Morgan fingerprint density at radius 3 is 2.88 bits per heavy atom. The predicted octanol–water partition coefficient (Wildman–Crippen LogP) is 3.10. The number of ether oxygens (including phenoxy) is 1. The molecule has 0 aliphatic carbocycles. The second-order valence-corrected chi connectivity index (χ2v) is 3.60. The van der Waals surface area contributed by atoms with Crippen molar-refractivity contribution in [1.29, 1.82) is 0 Å². The number of carboxylic acid groups (broad SMARTS) is 1. The Kier molecular flexibility index (Phi) is 3.10. The molecule has 0 amide bonds. The number of fused-ring (bicyclic) bond motifs is 1. The molecule has 86 valence electrons. The summed E-state index contributed by atoms with van der Waals surface area (Å²) in [5.41, 5.74) is 0.257. The molecule has 0 saturated carbocycles. The number of carbonyl (C=O) groups is 1. The van der Waals surface area contributed by atoms with Gasteiger partial charge >= 0.3 is 5.97 Å². The number of hydrogen-bond donors (Lipinski definition) is 1. The number of rotatable bonds is 4. The van der Waals surface area contributed by atoms with Crippen LogP contribution in [-0.4, -0.2) is 17.7 Å². The molecule has 0 radical (unpaired) electrons. The molecule has 0 atom stereocenters. The van der Waals surface area contributed by atoms with Crippen LogP contribution in [0.2, 0.25) is 0 Å². The summed E-state index contributed by atoms with van der Waals surface area (Å²) in [6.07, 6.45) is 1.65. The number of aromatic carboxylic acids is 1. The van der Waals surface area contributed by atoms with Crippen LogP contribution in [0.5, 0.6) is 5.75 Å². The van der Waals surface area contributed by atoms with Crippen molar-refractivity contribution in [2.75, 3.05) is 6.61 Å². The minimum Gasteiger partial charge on any atom is -0.489 e. The van der Waals surface area contributed by atoms with Crippen molar-refractivity contribution in [3.63, 3.8) is 0 Å². The van der Waals surface area contributed by atoms with Crippen molar-refractivity contribution in [1.82, 2.24) is 0 Å². The Morgan fingerprint density at radius 2 is 2.18 bits per heavy atom. The summed E-state index contributed by atoms with van der Waals surface area (Å²) >= 11 is 0. The van der Waals surface area contributed by atoms with Gasteiger partial charge in [0.2, 0.25) is 0 Å². The van der Waals surface area contributed by atoms with Gasteiger partial charge in [-0.2, -0.15) is 0 Å². The van der Waals surface area contributed by atoms with E-state index < -0.39 is 5.97 Å². The quantitative estimate of drug-likeness (QED) is 0.818. The summed E-state index contributed by atoms with van der Waals surface area (Å²) in [5, 5.41) is 10.7. The van der Waals surface area contributed by atoms with Gasteiger partial charge in [-0.05, 0) is 23.6 Å². The van der Waals surface area contributed by atoms with Gasteiger partial charge in [0.1, 0.15) is 12.4 Å². The maximum atomic E-state index is 10.9. The van der Waals surface area contributed by atoms with E-state index in [0.717, 1.165) is 10.8 Å². The standard InChI is InChI=1S/C14H12O3/c1-2-8-17-13-5-3-4-10-6-7-11(14(15)16)9-12(10)13/h2-7,9H,1,8H2,(H,15,16). The normalized spacial score (nSPS) is 10.1. The van der Waals surface area contributed by atoms with Crippen LogP contribution < -0.4 is 4.74 Å². The Morgan fingerprint density at radius 1 is 1.35 bits per heavy atom. The zero-order valence-electron chi connectivity index (χ0n) is 9.22. The minimum absolute atomic E-state index is 0.257. The fraction of sp³-hybridized carbons (Fsp3) is 0.0714. The molecule has 17 heavy (non-hydrogen) atoms. The van der Waals surface area contributed by atoms with Crippen LogP contribution in [0, 0.1) is 0 Å². The molecule has 0 spiro atoms. The van der Waals surface area contributed by atoms with E-state index in [0.29, 0.717) is 12.4 Å². The zero-order chi connectivity index (χ0) is 12.3. The van der Waals surface area contributed by atoms with Gasteiger partial charge in [0.05, 0.1) is 5.56 Å². The van der Waals surface area contributed by atoms with Gasteiger partial charge < -0.3 is 9.84 Å². The molecule has 2 rings (SSSR count). The lowest BCUT2D eigenvalue weighted by atomic mass is 10.1. The zero-order valence-corrected chi connectivity index (χ0v) is 9.22. The molecular formula is C14H12O3. The van der Waals surface area contributed by atoms with Crippen LogP contribution in [-0.2, 0) is 0 Å². The first-order valence-corrected chi connectivity index (χ1v) is 5.22. The van der Waals surface area contributed by atoms with Gasteiger partial charge in [-0.3, -0.25) is 0 Å². The molecular weight excluding hydrogens is 216 g/mol. The fourth-order valence-corrected chi connectivity index (χ4v) is 1.65. The van der Waals surface area contributed by atoms with Crippen molar-refractivity contribution in [3.8, 4) is 5.75 Å². The lowest BCUT2D eigenvalue weighted by Gasteiger charge is -2.08. The second kappa shape index (κ2) is 4.70. The Balaban J connectivity index is 2.55. The molecule has 0 bridgehead atoms. The molecule has 0 saturated heterocycles. The molecule has 3 nitrogen and oxygen atoms in total. The van der Waals surface area contributed by atoms with Crippen molar-refractivity contribution in [2.24, 2.45) is 0 Å². The van der Waals surface area contributed by atoms with Crippen molar-refractivity contribution >= 4 is 16.7 Å². The first-order chi connectivity index (χ1) is 8.22. The highest BCUT2D eigenvalue weighted by Gasteiger charge is 2.06. The van der Waals surface area contributed by atoms with Crippen LogP contribution in [0.4, 0.5) is 0 Å². The topological polar surface area (TPSA) is 46.5 Å². The third kappa shape index (κ3) is 2.28. The van der Waals surface area contributed by atoms with E-state index >= 15 is 0 Å². The van der Waals surface area contributed by atoms with Crippen molar-refractivity contribution in [3.05, 3.63) is 54.6 Å². The summed E-state index contributed by atoms with van der Waals surface area (Å²) in [5.74, 6) is -0.268. The van der Waals surface area contributed by atoms with E-state index in [4.69, 9.17) is 9.84 Å². The molecule has 1 N–H and O–H groups in total. The molecule has 0 heterocycles. The van der Waals surface area contributed by atoms with Gasteiger partial charge in [-0.15, -0.1) is 0 Å². The molecule has 0 aliphatic rings. The maximum absolute atomic E-state index is 10.9. The second-order valence-electron chi connectivity index (χ2n) is 3.60. The number of hydrogen-bond acceptors (Lipinski definition) is 2. The molecule has 2 aromatic carbocycles. The Labute approximate surface area is 99.0 Å². The summed E-state index contributed by atoms with van der Waals surface area (Å²) in [6.45, 7) is 3.98. The molecule has 0 unspecified atom stereocenters. The molecule has 0 fully saturated rings. The highest BCUT2D eigenvalue weighted by atomic mass is 16.5. The minimum atomic E-state index is -0.939. The van der Waals surface area contributed by atoms with Crippen LogP contribution in [0.25, 0.3) is 10.8 Å². The Bertz CT molecular complexity index is 573. The van der Waals surface area contributed by atoms with E-state index in [2.05, 4.69) is 6.58 Å². The predicted molar refractivity (Wildman–Crippen MR) is 66.6 cm³/mol. The van der Waals surface area contributed by atoms with E-state index in [1.165, 1.54) is 0 Å². The number of benzene rings is 2. The number of carboxylic acids is 1. The van der Waals surface area contributed by atoms with E-state index in [-0.39, 0.29) is 5.56 Å². The first kappa shape index (κ1) is 11.2. The largest absolute Gasteiger partial charge is 0.489 e. The van der Waals surface area contributed by atoms with E-state index in [9.17, 15) is 4.79 Å². The fourth-order valence-electron chi connectivity index (χ4n) is 1.65. The van der Waals surface area contributed by atoms with Gasteiger partial charge in [-0.25, -0.2) is 4.79 Å². The van der Waals surface area contributed by atoms with Gasteiger partial charge in [-0.1, -0.05) is 30.9 Å². The lowest BCUT2D eigenvalue weighted by molar-refractivity contribution is 0.0697. The third-order valence-electron chi connectivity index (χ3n) is 2.45. The molecule has 3 heteroatoms. The molecule has 2 aromatic rings. The maximum Gasteiger partial charge on any atom is 0.335 e. The highest BCUT2D eigenvalue weighted by molar-refractivity contribution is 5.96. The SMILES string of the molecule is C=CCOc1cccc2ccc(C(=O)O)cc12. The average Bonchev–Trinajstić information content (AvgIpc) is 2.35. The lowest BCUT2D eigenvalue weighted by Crippen LogP contribution is -1.97. The first-order valence-electron chi connectivity index (χ1n) is 5.22. The average molecular weight is 228 g/mol. The molecule has 0 aliphatic heterocycles. The van der Waals surface area contributed by atoms with Crippen LogP contribution in [0.15, 0.2) is 49.1 Å².